The molecule has 0 aromatic carbocycles. The SMILES string of the molecule is C=CC(=O)N(C)CC(=O)N1CCC2(CC1)CC(O)c1nn(CC)cc1O2. The molecule has 0 aliphatic carbocycles. The minimum Gasteiger partial charge on any atom is -0.483 e. The van der Waals surface area contributed by atoms with Gasteiger partial charge in [0.15, 0.2) is 5.75 Å². The van der Waals surface area contributed by atoms with Gasteiger partial charge in [-0.1, -0.05) is 6.58 Å². The Balaban J connectivity index is 1.62. The molecule has 26 heavy (non-hydrogen) atoms. The smallest absolute Gasteiger partial charge is 0.246 e. The summed E-state index contributed by atoms with van der Waals surface area (Å²) in [5.74, 6) is 0.279. The topological polar surface area (TPSA) is 87.9 Å². The van der Waals surface area contributed by atoms with Crippen LogP contribution in [0.2, 0.25) is 0 Å². The van der Waals surface area contributed by atoms with E-state index in [9.17, 15) is 14.7 Å². The number of fused-ring (bicyclic) bond motifs is 1. The van der Waals surface area contributed by atoms with Gasteiger partial charge in [-0.25, -0.2) is 0 Å². The Bertz CT molecular complexity index is 706. The van der Waals surface area contributed by atoms with Crippen molar-refractivity contribution >= 4 is 11.8 Å². The van der Waals surface area contributed by atoms with Crippen molar-refractivity contribution in [3.8, 4) is 5.75 Å². The second-order valence-corrected chi connectivity index (χ2v) is 7.02. The normalized spacial score (nSPS) is 21.0. The van der Waals surface area contributed by atoms with Crippen LogP contribution in [0.25, 0.3) is 0 Å². The molecule has 2 aliphatic heterocycles. The Morgan fingerprint density at radius 3 is 2.81 bits per heavy atom. The second kappa shape index (κ2) is 7.11. The molecule has 0 bridgehead atoms. The lowest BCUT2D eigenvalue weighted by Crippen LogP contribution is -2.53. The molecule has 1 unspecified atom stereocenters. The van der Waals surface area contributed by atoms with Crippen LogP contribution in [0.15, 0.2) is 18.9 Å². The molecule has 8 heteroatoms. The molecular weight excluding hydrogens is 336 g/mol. The second-order valence-electron chi connectivity index (χ2n) is 7.02. The van der Waals surface area contributed by atoms with Crippen LogP contribution in [-0.4, -0.2) is 68.8 Å². The van der Waals surface area contributed by atoms with Crippen LogP contribution in [0.5, 0.6) is 5.75 Å². The van der Waals surface area contributed by atoms with E-state index in [1.807, 2.05) is 13.1 Å². The van der Waals surface area contributed by atoms with E-state index in [-0.39, 0.29) is 18.4 Å². The molecule has 1 spiro atoms. The first-order valence-corrected chi connectivity index (χ1v) is 8.97. The third-order valence-corrected chi connectivity index (χ3v) is 5.24. The summed E-state index contributed by atoms with van der Waals surface area (Å²) in [6.07, 6.45) is 4.15. The van der Waals surface area contributed by atoms with E-state index in [0.717, 1.165) is 6.54 Å². The summed E-state index contributed by atoms with van der Waals surface area (Å²) in [7, 11) is 1.58. The third-order valence-electron chi connectivity index (χ3n) is 5.24. The number of carbonyl (C=O) groups excluding carboxylic acids is 2. The minimum atomic E-state index is -0.648. The predicted molar refractivity (Wildman–Crippen MR) is 94.5 cm³/mol. The van der Waals surface area contributed by atoms with Crippen molar-refractivity contribution in [2.45, 2.75) is 44.4 Å². The number of piperidine rings is 1. The number of carbonyl (C=O) groups is 2. The van der Waals surface area contributed by atoms with Crippen molar-refractivity contribution in [2.75, 3.05) is 26.7 Å². The van der Waals surface area contributed by atoms with Gasteiger partial charge < -0.3 is 19.6 Å². The summed E-state index contributed by atoms with van der Waals surface area (Å²) in [6.45, 7) is 7.25. The van der Waals surface area contributed by atoms with Gasteiger partial charge in [0.1, 0.15) is 17.4 Å². The third kappa shape index (κ3) is 3.46. The molecule has 3 heterocycles. The maximum absolute atomic E-state index is 12.4. The molecule has 1 aromatic heterocycles. The molecule has 2 amide bonds. The van der Waals surface area contributed by atoms with Crippen LogP contribution in [0, 0.1) is 0 Å². The van der Waals surface area contributed by atoms with Crippen molar-refractivity contribution in [3.63, 3.8) is 0 Å². The van der Waals surface area contributed by atoms with E-state index in [1.165, 1.54) is 11.0 Å². The van der Waals surface area contributed by atoms with Crippen molar-refractivity contribution < 1.29 is 19.4 Å². The van der Waals surface area contributed by atoms with E-state index in [2.05, 4.69) is 11.7 Å². The van der Waals surface area contributed by atoms with Crippen molar-refractivity contribution in [2.24, 2.45) is 0 Å². The maximum atomic E-state index is 12.4. The summed E-state index contributed by atoms with van der Waals surface area (Å²) in [6, 6.07) is 0. The van der Waals surface area contributed by atoms with Crippen LogP contribution >= 0.6 is 0 Å². The molecule has 1 aromatic rings. The number of likely N-dealkylation sites (tertiary alicyclic amines) is 1. The summed E-state index contributed by atoms with van der Waals surface area (Å²) in [4.78, 5) is 27.0. The van der Waals surface area contributed by atoms with Gasteiger partial charge in [0.05, 0.1) is 12.7 Å². The number of aliphatic hydroxyl groups excluding tert-OH is 1. The van der Waals surface area contributed by atoms with Crippen LogP contribution in [0.4, 0.5) is 0 Å². The highest BCUT2D eigenvalue weighted by Gasteiger charge is 2.45. The fourth-order valence-corrected chi connectivity index (χ4v) is 3.62. The van der Waals surface area contributed by atoms with Crippen LogP contribution in [-0.2, 0) is 16.1 Å². The van der Waals surface area contributed by atoms with Crippen LogP contribution in [0.3, 0.4) is 0 Å². The lowest BCUT2D eigenvalue weighted by atomic mass is 9.83. The summed E-state index contributed by atoms with van der Waals surface area (Å²) < 4.78 is 7.98. The van der Waals surface area contributed by atoms with Gasteiger partial charge >= 0.3 is 0 Å². The molecule has 8 nitrogen and oxygen atoms in total. The highest BCUT2D eigenvalue weighted by atomic mass is 16.5. The Morgan fingerprint density at radius 2 is 2.19 bits per heavy atom. The molecule has 0 saturated carbocycles. The lowest BCUT2D eigenvalue weighted by Gasteiger charge is -2.44. The average Bonchev–Trinajstić information content (AvgIpc) is 3.04. The van der Waals surface area contributed by atoms with Crippen molar-refractivity contribution in [1.82, 2.24) is 19.6 Å². The maximum Gasteiger partial charge on any atom is 0.246 e. The number of amides is 2. The summed E-state index contributed by atoms with van der Waals surface area (Å²) in [5.41, 5.74) is 0.133. The van der Waals surface area contributed by atoms with Crippen LogP contribution in [0.1, 0.15) is 38.0 Å². The van der Waals surface area contributed by atoms with E-state index >= 15 is 0 Å². The lowest BCUT2D eigenvalue weighted by molar-refractivity contribution is -0.140. The Hall–Kier alpha value is -2.35. The first-order valence-electron chi connectivity index (χ1n) is 8.97. The highest BCUT2D eigenvalue weighted by Crippen LogP contribution is 2.43. The molecule has 1 atom stereocenters. The number of hydrogen-bond donors (Lipinski definition) is 1. The zero-order valence-electron chi connectivity index (χ0n) is 15.3. The predicted octanol–water partition coefficient (Wildman–Crippen LogP) is 0.724. The zero-order valence-corrected chi connectivity index (χ0v) is 15.3. The number of nitrogens with zero attached hydrogens (tertiary/aromatic N) is 4. The van der Waals surface area contributed by atoms with Crippen molar-refractivity contribution in [1.29, 1.82) is 0 Å². The largest absolute Gasteiger partial charge is 0.483 e. The van der Waals surface area contributed by atoms with Gasteiger partial charge in [0.2, 0.25) is 11.8 Å². The van der Waals surface area contributed by atoms with E-state index in [0.29, 0.717) is 43.8 Å². The fourth-order valence-electron chi connectivity index (χ4n) is 3.62. The Kier molecular flexibility index (Phi) is 5.04. The van der Waals surface area contributed by atoms with Gasteiger partial charge in [-0.2, -0.15) is 5.10 Å². The first kappa shape index (κ1) is 18.4. The fraction of sp³-hybridized carbons (Fsp3) is 0.611. The van der Waals surface area contributed by atoms with Crippen molar-refractivity contribution in [3.05, 3.63) is 24.5 Å². The monoisotopic (exact) mass is 362 g/mol. The zero-order chi connectivity index (χ0) is 18.9. The van der Waals surface area contributed by atoms with Crippen LogP contribution < -0.4 is 4.74 Å². The summed E-state index contributed by atoms with van der Waals surface area (Å²) in [5, 5.41) is 14.8. The number of aromatic nitrogens is 2. The molecular formula is C18H26N4O4. The average molecular weight is 362 g/mol. The quantitative estimate of drug-likeness (QED) is 0.798. The molecule has 1 N–H and O–H groups in total. The first-order chi connectivity index (χ1) is 12.4. The molecule has 3 rings (SSSR count). The van der Waals surface area contributed by atoms with Gasteiger partial charge in [-0.15, -0.1) is 0 Å². The summed E-state index contributed by atoms with van der Waals surface area (Å²) >= 11 is 0. The van der Waals surface area contributed by atoms with Gasteiger partial charge in [-0.3, -0.25) is 14.3 Å². The molecule has 1 saturated heterocycles. The molecule has 0 radical (unpaired) electrons. The number of rotatable bonds is 4. The number of likely N-dealkylation sites (N-methyl/N-ethyl adjacent to an activating group) is 1. The number of ether oxygens (including phenoxy) is 1. The van der Waals surface area contributed by atoms with Gasteiger partial charge in [0, 0.05) is 45.9 Å². The van der Waals surface area contributed by atoms with Gasteiger partial charge in [0.25, 0.3) is 0 Å². The Labute approximate surface area is 153 Å². The van der Waals surface area contributed by atoms with E-state index in [1.54, 1.807) is 16.6 Å². The highest BCUT2D eigenvalue weighted by molar-refractivity contribution is 5.90. The van der Waals surface area contributed by atoms with Gasteiger partial charge in [-0.05, 0) is 13.0 Å². The minimum absolute atomic E-state index is 0.0365. The number of hydrogen-bond acceptors (Lipinski definition) is 5. The molecule has 2 aliphatic rings. The molecule has 1 fully saturated rings. The van der Waals surface area contributed by atoms with E-state index < -0.39 is 11.7 Å². The number of aryl methyl sites for hydroxylation is 1. The van der Waals surface area contributed by atoms with E-state index in [4.69, 9.17) is 4.74 Å². The number of aliphatic hydroxyl groups is 1. The Morgan fingerprint density at radius 1 is 1.50 bits per heavy atom. The standard InChI is InChI=1S/C18H26N4O4/c1-4-15(24)20(3)12-16(25)21-8-6-18(7-9-21)10-13(23)17-14(26-18)11-22(5-2)19-17/h4,11,13,23H,1,5-10,12H2,2-3H3. The molecule has 142 valence electrons.